The number of aryl methyl sites for hydroxylation is 2. The van der Waals surface area contributed by atoms with Gasteiger partial charge in [-0.3, -0.25) is 9.59 Å². The zero-order valence-electron chi connectivity index (χ0n) is 16.0. The zero-order valence-corrected chi connectivity index (χ0v) is 18.2. The Bertz CT molecular complexity index is 1200. The Labute approximate surface area is 186 Å². The molecule has 3 aromatic rings. The number of amides is 1. The minimum atomic E-state index is -0.923. The van der Waals surface area contributed by atoms with Gasteiger partial charge >= 0.3 is 5.97 Å². The molecule has 0 bridgehead atoms. The molecule has 30 heavy (non-hydrogen) atoms. The summed E-state index contributed by atoms with van der Waals surface area (Å²) in [6.07, 6.45) is 1.38. The third-order valence-corrected chi connectivity index (χ3v) is 5.04. The molecule has 0 spiro atoms. The van der Waals surface area contributed by atoms with Crippen LogP contribution in [0.4, 0.5) is 5.69 Å². The number of rotatable bonds is 5. The van der Waals surface area contributed by atoms with Gasteiger partial charge in [-0.05, 0) is 38.1 Å². The SMILES string of the molecule is CCn1cc(C(=O)OCC(=O)Nc2c(Cl)cc(Cl)cc2Cl)c(=O)c2ccc(C)nc21. The number of anilines is 1. The summed E-state index contributed by atoms with van der Waals surface area (Å²) in [6, 6.07) is 6.12. The van der Waals surface area contributed by atoms with Gasteiger partial charge in [-0.25, -0.2) is 9.78 Å². The molecule has 0 saturated carbocycles. The van der Waals surface area contributed by atoms with Crippen LogP contribution in [-0.2, 0) is 16.1 Å². The van der Waals surface area contributed by atoms with Gasteiger partial charge in [-0.15, -0.1) is 0 Å². The maximum atomic E-state index is 12.7. The van der Waals surface area contributed by atoms with E-state index in [0.29, 0.717) is 22.6 Å². The number of hydrogen-bond acceptors (Lipinski definition) is 5. The van der Waals surface area contributed by atoms with E-state index in [1.165, 1.54) is 18.3 Å². The highest BCUT2D eigenvalue weighted by atomic mass is 35.5. The molecule has 0 aliphatic carbocycles. The lowest BCUT2D eigenvalue weighted by molar-refractivity contribution is -0.119. The van der Waals surface area contributed by atoms with Crippen molar-refractivity contribution >= 4 is 63.4 Å². The molecule has 0 saturated heterocycles. The Morgan fingerprint density at radius 3 is 2.47 bits per heavy atom. The Morgan fingerprint density at radius 2 is 1.83 bits per heavy atom. The molecule has 0 aliphatic heterocycles. The van der Waals surface area contributed by atoms with Crippen molar-refractivity contribution < 1.29 is 14.3 Å². The second-order valence-electron chi connectivity index (χ2n) is 6.35. The number of carbonyl (C=O) groups excluding carboxylic acids is 2. The normalized spacial score (nSPS) is 10.8. The summed E-state index contributed by atoms with van der Waals surface area (Å²) in [7, 11) is 0. The van der Waals surface area contributed by atoms with E-state index < -0.39 is 23.9 Å². The Morgan fingerprint density at radius 1 is 1.17 bits per heavy atom. The van der Waals surface area contributed by atoms with Crippen LogP contribution in [0.15, 0.2) is 35.3 Å². The summed E-state index contributed by atoms with van der Waals surface area (Å²) in [4.78, 5) is 41.7. The molecule has 0 aliphatic rings. The monoisotopic (exact) mass is 467 g/mol. The molecule has 2 heterocycles. The number of fused-ring (bicyclic) bond motifs is 1. The fourth-order valence-corrected chi connectivity index (χ4v) is 3.70. The molecule has 0 fully saturated rings. The first-order chi connectivity index (χ1) is 14.2. The van der Waals surface area contributed by atoms with E-state index in [4.69, 9.17) is 39.5 Å². The van der Waals surface area contributed by atoms with Crippen LogP contribution in [0.25, 0.3) is 11.0 Å². The summed E-state index contributed by atoms with van der Waals surface area (Å²) >= 11 is 17.9. The lowest BCUT2D eigenvalue weighted by atomic mass is 10.2. The smallest absolute Gasteiger partial charge is 0.344 e. The fourth-order valence-electron chi connectivity index (χ4n) is 2.79. The summed E-state index contributed by atoms with van der Waals surface area (Å²) in [6.45, 7) is 3.52. The summed E-state index contributed by atoms with van der Waals surface area (Å²) in [5.41, 5.74) is 0.658. The minimum absolute atomic E-state index is 0.135. The molecule has 0 atom stereocenters. The molecule has 1 aromatic carbocycles. The summed E-state index contributed by atoms with van der Waals surface area (Å²) < 4.78 is 6.70. The minimum Gasteiger partial charge on any atom is -0.452 e. The number of aromatic nitrogens is 2. The number of carbonyl (C=O) groups is 2. The molecule has 0 radical (unpaired) electrons. The van der Waals surface area contributed by atoms with Gasteiger partial charge in [0.1, 0.15) is 11.2 Å². The van der Waals surface area contributed by atoms with Crippen LogP contribution >= 0.6 is 34.8 Å². The predicted octanol–water partition coefficient (Wildman–Crippen LogP) is 4.48. The van der Waals surface area contributed by atoms with Gasteiger partial charge in [0.2, 0.25) is 5.43 Å². The van der Waals surface area contributed by atoms with Crippen LogP contribution in [0.2, 0.25) is 15.1 Å². The number of hydrogen-bond donors (Lipinski definition) is 1. The highest BCUT2D eigenvalue weighted by molar-refractivity contribution is 6.42. The van der Waals surface area contributed by atoms with Crippen LogP contribution < -0.4 is 10.7 Å². The molecular formula is C20H16Cl3N3O4. The number of nitrogens with one attached hydrogen (secondary N) is 1. The first-order valence-electron chi connectivity index (χ1n) is 8.83. The average molecular weight is 469 g/mol. The van der Waals surface area contributed by atoms with Crippen molar-refractivity contribution in [3.63, 3.8) is 0 Å². The van der Waals surface area contributed by atoms with Crippen molar-refractivity contribution in [3.05, 3.63) is 67.0 Å². The number of nitrogens with zero attached hydrogens (tertiary/aromatic N) is 2. The van der Waals surface area contributed by atoms with E-state index in [-0.39, 0.29) is 21.3 Å². The summed E-state index contributed by atoms with van der Waals surface area (Å²) in [5.74, 6) is -1.60. The van der Waals surface area contributed by atoms with E-state index in [9.17, 15) is 14.4 Å². The van der Waals surface area contributed by atoms with Gasteiger partial charge in [-0.2, -0.15) is 0 Å². The molecule has 10 heteroatoms. The third kappa shape index (κ3) is 4.59. The van der Waals surface area contributed by atoms with E-state index in [0.717, 1.165) is 5.69 Å². The van der Waals surface area contributed by atoms with Crippen molar-refractivity contribution in [2.75, 3.05) is 11.9 Å². The topological polar surface area (TPSA) is 90.3 Å². The van der Waals surface area contributed by atoms with Crippen molar-refractivity contribution in [2.45, 2.75) is 20.4 Å². The first-order valence-corrected chi connectivity index (χ1v) is 9.97. The van der Waals surface area contributed by atoms with E-state index in [1.54, 1.807) is 16.7 Å². The average Bonchev–Trinajstić information content (AvgIpc) is 2.69. The lowest BCUT2D eigenvalue weighted by Crippen LogP contribution is -2.25. The lowest BCUT2D eigenvalue weighted by Gasteiger charge is -2.12. The number of ether oxygens (including phenoxy) is 1. The van der Waals surface area contributed by atoms with Crippen LogP contribution in [-0.4, -0.2) is 28.0 Å². The Kier molecular flexibility index (Phi) is 6.65. The van der Waals surface area contributed by atoms with Gasteiger partial charge in [0.25, 0.3) is 5.91 Å². The highest BCUT2D eigenvalue weighted by Gasteiger charge is 2.19. The van der Waals surface area contributed by atoms with Gasteiger partial charge in [0.05, 0.1) is 21.1 Å². The van der Waals surface area contributed by atoms with Crippen molar-refractivity contribution in [1.82, 2.24) is 9.55 Å². The number of esters is 1. The number of benzene rings is 1. The maximum absolute atomic E-state index is 12.7. The van der Waals surface area contributed by atoms with E-state index in [2.05, 4.69) is 10.3 Å². The van der Waals surface area contributed by atoms with E-state index >= 15 is 0 Å². The standard InChI is InChI=1S/C20H16Cl3N3O4/c1-3-26-8-13(18(28)12-5-4-10(2)24-19(12)26)20(29)30-9-16(27)25-17-14(22)6-11(21)7-15(17)23/h4-8H,3,9H2,1-2H3,(H,25,27). The van der Waals surface area contributed by atoms with Gasteiger partial charge in [-0.1, -0.05) is 34.8 Å². The number of pyridine rings is 2. The predicted molar refractivity (Wildman–Crippen MR) is 117 cm³/mol. The summed E-state index contributed by atoms with van der Waals surface area (Å²) in [5, 5.41) is 3.32. The second kappa shape index (κ2) is 9.04. The molecule has 7 nitrogen and oxygen atoms in total. The second-order valence-corrected chi connectivity index (χ2v) is 7.60. The largest absolute Gasteiger partial charge is 0.452 e. The molecule has 1 N–H and O–H groups in total. The van der Waals surface area contributed by atoms with Crippen LogP contribution in [0.5, 0.6) is 0 Å². The first kappa shape index (κ1) is 22.1. The molecule has 156 valence electrons. The maximum Gasteiger partial charge on any atom is 0.344 e. The van der Waals surface area contributed by atoms with Crippen molar-refractivity contribution in [2.24, 2.45) is 0 Å². The molecule has 1 amide bonds. The van der Waals surface area contributed by atoms with E-state index in [1.807, 2.05) is 13.8 Å². The molecule has 2 aromatic heterocycles. The van der Waals surface area contributed by atoms with Crippen LogP contribution in [0.1, 0.15) is 23.0 Å². The van der Waals surface area contributed by atoms with Gasteiger partial charge in [0, 0.05) is 23.5 Å². The fraction of sp³-hybridized carbons (Fsp3) is 0.200. The highest BCUT2D eigenvalue weighted by Crippen LogP contribution is 2.33. The quantitative estimate of drug-likeness (QED) is 0.558. The number of halogens is 3. The Hall–Kier alpha value is -2.61. The van der Waals surface area contributed by atoms with Crippen LogP contribution in [0, 0.1) is 6.92 Å². The van der Waals surface area contributed by atoms with Gasteiger partial charge < -0.3 is 14.6 Å². The van der Waals surface area contributed by atoms with Gasteiger partial charge in [0.15, 0.2) is 6.61 Å². The molecule has 3 rings (SSSR count). The third-order valence-electron chi connectivity index (χ3n) is 4.23. The molecule has 0 unspecified atom stereocenters. The van der Waals surface area contributed by atoms with Crippen molar-refractivity contribution in [3.8, 4) is 0 Å². The Balaban J connectivity index is 1.79. The van der Waals surface area contributed by atoms with Crippen LogP contribution in [0.3, 0.4) is 0 Å². The van der Waals surface area contributed by atoms with Crippen molar-refractivity contribution in [1.29, 1.82) is 0 Å². The molecular weight excluding hydrogens is 453 g/mol. The zero-order chi connectivity index (χ0) is 22.0.